The molecule has 0 saturated heterocycles. The standard InChI is InChI=1S/C10H23NO2S/c1-5-14(12,13)7-6-9(2)8-10(3)11-4/h9-11H,5-8H2,1-4H3. The zero-order valence-corrected chi connectivity index (χ0v) is 10.5. The van der Waals surface area contributed by atoms with Gasteiger partial charge in [0.05, 0.1) is 5.75 Å². The van der Waals surface area contributed by atoms with Gasteiger partial charge in [-0.2, -0.15) is 0 Å². The molecule has 3 nitrogen and oxygen atoms in total. The highest BCUT2D eigenvalue weighted by Crippen LogP contribution is 2.11. The summed E-state index contributed by atoms with van der Waals surface area (Å²) in [6.45, 7) is 5.93. The van der Waals surface area contributed by atoms with Gasteiger partial charge in [0.15, 0.2) is 0 Å². The zero-order chi connectivity index (χ0) is 11.2. The van der Waals surface area contributed by atoms with Gasteiger partial charge in [0, 0.05) is 11.8 Å². The molecule has 0 radical (unpaired) electrons. The van der Waals surface area contributed by atoms with Crippen LogP contribution in [0.25, 0.3) is 0 Å². The molecular weight excluding hydrogens is 198 g/mol. The molecule has 14 heavy (non-hydrogen) atoms. The lowest BCUT2D eigenvalue weighted by atomic mass is 10.0. The Morgan fingerprint density at radius 2 is 1.86 bits per heavy atom. The molecule has 0 spiro atoms. The molecule has 0 aliphatic rings. The first-order valence-corrected chi connectivity index (χ1v) is 7.11. The normalized spacial score (nSPS) is 16.6. The van der Waals surface area contributed by atoms with E-state index < -0.39 is 9.84 Å². The van der Waals surface area contributed by atoms with Gasteiger partial charge in [0.2, 0.25) is 0 Å². The summed E-state index contributed by atoms with van der Waals surface area (Å²) in [5.41, 5.74) is 0. The van der Waals surface area contributed by atoms with Gasteiger partial charge in [0.1, 0.15) is 9.84 Å². The van der Waals surface area contributed by atoms with Crippen molar-refractivity contribution in [1.29, 1.82) is 0 Å². The Morgan fingerprint density at radius 1 is 1.29 bits per heavy atom. The SMILES string of the molecule is CCS(=O)(=O)CCC(C)CC(C)NC. The molecule has 86 valence electrons. The van der Waals surface area contributed by atoms with Gasteiger partial charge < -0.3 is 5.32 Å². The van der Waals surface area contributed by atoms with Gasteiger partial charge in [-0.1, -0.05) is 13.8 Å². The average molecular weight is 221 g/mol. The fraction of sp³-hybridized carbons (Fsp3) is 1.00. The molecule has 0 bridgehead atoms. The summed E-state index contributed by atoms with van der Waals surface area (Å²) >= 11 is 0. The van der Waals surface area contributed by atoms with E-state index in [1.165, 1.54) is 0 Å². The molecule has 0 aliphatic heterocycles. The van der Waals surface area contributed by atoms with Gasteiger partial charge in [-0.05, 0) is 32.7 Å². The molecule has 0 aliphatic carbocycles. The Morgan fingerprint density at radius 3 is 2.29 bits per heavy atom. The van der Waals surface area contributed by atoms with Gasteiger partial charge in [0.25, 0.3) is 0 Å². The number of nitrogens with one attached hydrogen (secondary N) is 1. The minimum absolute atomic E-state index is 0.265. The van der Waals surface area contributed by atoms with Crippen LogP contribution in [0.4, 0.5) is 0 Å². The van der Waals surface area contributed by atoms with E-state index in [4.69, 9.17) is 0 Å². The van der Waals surface area contributed by atoms with Crippen LogP contribution in [0.3, 0.4) is 0 Å². The molecule has 2 unspecified atom stereocenters. The third-order valence-corrected chi connectivity index (χ3v) is 4.35. The van der Waals surface area contributed by atoms with E-state index in [0.29, 0.717) is 17.7 Å². The molecule has 1 N–H and O–H groups in total. The summed E-state index contributed by atoms with van der Waals surface area (Å²) in [5, 5.41) is 3.16. The Hall–Kier alpha value is -0.0900. The Balaban J connectivity index is 3.80. The highest BCUT2D eigenvalue weighted by atomic mass is 32.2. The van der Waals surface area contributed by atoms with Gasteiger partial charge in [-0.15, -0.1) is 0 Å². The second kappa shape index (κ2) is 6.40. The molecule has 0 fully saturated rings. The fourth-order valence-corrected chi connectivity index (χ4v) is 2.41. The summed E-state index contributed by atoms with van der Waals surface area (Å²) in [6, 6.07) is 0.467. The van der Waals surface area contributed by atoms with Crippen molar-refractivity contribution in [3.8, 4) is 0 Å². The maximum atomic E-state index is 11.2. The van der Waals surface area contributed by atoms with Crippen LogP contribution in [0.2, 0.25) is 0 Å². The lowest BCUT2D eigenvalue weighted by Gasteiger charge is -2.16. The van der Waals surface area contributed by atoms with Crippen molar-refractivity contribution in [2.45, 2.75) is 39.7 Å². The molecule has 4 heteroatoms. The first-order chi connectivity index (χ1) is 6.41. The molecule has 0 saturated carbocycles. The number of sulfone groups is 1. The maximum Gasteiger partial charge on any atom is 0.150 e. The van der Waals surface area contributed by atoms with Crippen LogP contribution in [0.5, 0.6) is 0 Å². The lowest BCUT2D eigenvalue weighted by molar-refractivity contribution is 0.431. The monoisotopic (exact) mass is 221 g/mol. The smallest absolute Gasteiger partial charge is 0.150 e. The maximum absolute atomic E-state index is 11.2. The van der Waals surface area contributed by atoms with Crippen molar-refractivity contribution in [3.05, 3.63) is 0 Å². The topological polar surface area (TPSA) is 46.2 Å². The molecule has 2 atom stereocenters. The molecule has 0 aromatic heterocycles. The van der Waals surface area contributed by atoms with Gasteiger partial charge in [-0.3, -0.25) is 0 Å². The third-order valence-electron chi connectivity index (χ3n) is 2.61. The van der Waals surface area contributed by atoms with E-state index in [9.17, 15) is 8.42 Å². The van der Waals surface area contributed by atoms with E-state index in [0.717, 1.165) is 12.8 Å². The van der Waals surface area contributed by atoms with Crippen LogP contribution in [-0.4, -0.2) is 33.0 Å². The van der Waals surface area contributed by atoms with Crippen LogP contribution >= 0.6 is 0 Å². The molecule has 0 heterocycles. The fourth-order valence-electron chi connectivity index (χ4n) is 1.36. The molecule has 0 amide bonds. The highest BCUT2D eigenvalue weighted by molar-refractivity contribution is 7.91. The van der Waals surface area contributed by atoms with Crippen molar-refractivity contribution in [1.82, 2.24) is 5.32 Å². The van der Waals surface area contributed by atoms with Crippen LogP contribution in [0, 0.1) is 5.92 Å². The van der Waals surface area contributed by atoms with Crippen molar-refractivity contribution >= 4 is 9.84 Å². The van der Waals surface area contributed by atoms with Gasteiger partial charge >= 0.3 is 0 Å². The highest BCUT2D eigenvalue weighted by Gasteiger charge is 2.12. The second-order valence-corrected chi connectivity index (χ2v) is 6.53. The van der Waals surface area contributed by atoms with E-state index in [1.54, 1.807) is 6.92 Å². The Labute approximate surface area is 88.2 Å². The predicted molar refractivity (Wildman–Crippen MR) is 61.2 cm³/mol. The number of hydrogen-bond acceptors (Lipinski definition) is 3. The van der Waals surface area contributed by atoms with E-state index in [1.807, 2.05) is 7.05 Å². The van der Waals surface area contributed by atoms with Crippen LogP contribution in [0.15, 0.2) is 0 Å². The van der Waals surface area contributed by atoms with Crippen LogP contribution in [-0.2, 0) is 9.84 Å². The molecule has 0 rings (SSSR count). The summed E-state index contributed by atoms with van der Waals surface area (Å²) in [5.74, 6) is 1.07. The van der Waals surface area contributed by atoms with Crippen molar-refractivity contribution in [3.63, 3.8) is 0 Å². The summed E-state index contributed by atoms with van der Waals surface area (Å²) in [6.07, 6.45) is 1.82. The number of rotatable bonds is 7. The Kier molecular flexibility index (Phi) is 6.36. The molecular formula is C10H23NO2S. The minimum atomic E-state index is -2.78. The van der Waals surface area contributed by atoms with E-state index >= 15 is 0 Å². The van der Waals surface area contributed by atoms with Crippen LogP contribution in [0.1, 0.15) is 33.6 Å². The van der Waals surface area contributed by atoms with E-state index in [2.05, 4.69) is 19.2 Å². The first kappa shape index (κ1) is 13.9. The molecule has 0 aromatic carbocycles. The molecule has 0 aromatic rings. The first-order valence-electron chi connectivity index (χ1n) is 5.29. The zero-order valence-electron chi connectivity index (χ0n) is 9.71. The third kappa shape index (κ3) is 6.38. The summed E-state index contributed by atoms with van der Waals surface area (Å²) in [7, 11) is -0.847. The second-order valence-electron chi connectivity index (χ2n) is 4.06. The lowest BCUT2D eigenvalue weighted by Crippen LogP contribution is -2.24. The van der Waals surface area contributed by atoms with Crippen molar-refractivity contribution in [2.75, 3.05) is 18.6 Å². The summed E-state index contributed by atoms with van der Waals surface area (Å²) < 4.78 is 22.5. The van der Waals surface area contributed by atoms with E-state index in [-0.39, 0.29) is 5.75 Å². The van der Waals surface area contributed by atoms with Crippen molar-refractivity contribution < 1.29 is 8.42 Å². The average Bonchev–Trinajstić information content (AvgIpc) is 2.15. The minimum Gasteiger partial charge on any atom is -0.317 e. The van der Waals surface area contributed by atoms with Gasteiger partial charge in [-0.25, -0.2) is 8.42 Å². The predicted octanol–water partition coefficient (Wildman–Crippen LogP) is 1.45. The number of hydrogen-bond donors (Lipinski definition) is 1. The Bertz CT molecular complexity index is 237. The summed E-state index contributed by atoms with van der Waals surface area (Å²) in [4.78, 5) is 0. The van der Waals surface area contributed by atoms with Crippen molar-refractivity contribution in [2.24, 2.45) is 5.92 Å². The largest absolute Gasteiger partial charge is 0.317 e. The quantitative estimate of drug-likeness (QED) is 0.707. The van der Waals surface area contributed by atoms with Crippen LogP contribution < -0.4 is 5.32 Å².